The lowest BCUT2D eigenvalue weighted by Crippen LogP contribution is -2.29. The van der Waals surface area contributed by atoms with Crippen molar-refractivity contribution in [2.24, 2.45) is 4.99 Å². The predicted molar refractivity (Wildman–Crippen MR) is 150 cm³/mol. The zero-order valence-corrected chi connectivity index (χ0v) is 22.9. The first kappa shape index (κ1) is 23.8. The molecule has 186 valence electrons. The van der Waals surface area contributed by atoms with Crippen LogP contribution in [0.4, 0.5) is 11.5 Å². The van der Waals surface area contributed by atoms with Crippen molar-refractivity contribution >= 4 is 41.1 Å². The summed E-state index contributed by atoms with van der Waals surface area (Å²) in [5, 5.41) is 6.86. The molecular weight excluding hydrogens is 487 g/mol. The van der Waals surface area contributed by atoms with Crippen LogP contribution in [-0.4, -0.2) is 42.4 Å². The third-order valence-electron chi connectivity index (χ3n) is 7.50. The van der Waals surface area contributed by atoms with E-state index in [1.54, 1.807) is 0 Å². The molecule has 36 heavy (non-hydrogen) atoms. The number of hydrogen-bond acceptors (Lipinski definition) is 6. The number of ether oxygens (including phenoxy) is 1. The van der Waals surface area contributed by atoms with E-state index in [4.69, 9.17) is 31.2 Å². The molecule has 0 amide bonds. The van der Waals surface area contributed by atoms with E-state index in [0.29, 0.717) is 6.61 Å². The molecule has 3 aliphatic rings. The molecule has 6 rings (SSSR count). The van der Waals surface area contributed by atoms with Crippen molar-refractivity contribution < 1.29 is 9.26 Å². The van der Waals surface area contributed by atoms with Gasteiger partial charge in [-0.1, -0.05) is 62.1 Å². The molecule has 2 atom stereocenters. The number of aryl methyl sites for hydroxylation is 1. The SMILES string of the molecule is Cc1nn(-c2ccccc2)c2c1P(=S)(OCC1CCCO1)/C(=C1\N(C)c3ccccc3C1(C)C)C=N2. The van der Waals surface area contributed by atoms with Gasteiger partial charge >= 0.3 is 0 Å². The van der Waals surface area contributed by atoms with Gasteiger partial charge in [0.05, 0.1) is 34.7 Å². The molecule has 1 aromatic heterocycles. The first-order valence-corrected chi connectivity index (χ1v) is 15.2. The van der Waals surface area contributed by atoms with E-state index in [0.717, 1.165) is 53.0 Å². The number of para-hydroxylation sites is 2. The van der Waals surface area contributed by atoms with Crippen LogP contribution in [0.2, 0.25) is 0 Å². The van der Waals surface area contributed by atoms with Gasteiger partial charge < -0.3 is 14.2 Å². The average Bonchev–Trinajstić information content (AvgIpc) is 3.57. The minimum Gasteiger partial charge on any atom is -0.376 e. The maximum atomic E-state index is 6.85. The molecule has 0 bridgehead atoms. The standard InChI is InChI=1S/C28H31N4O2PS/c1-19-25-27(32(30-19)20-11-6-5-7-12-20)29-17-24(35(25,36)34-18-21-13-10-16-33-21)26-28(2,3)22-14-8-9-15-23(22)31(26)4/h5-9,11-12,14-15,17,21H,10,13,16,18H2,1-4H3/b26-24-. The highest BCUT2D eigenvalue weighted by molar-refractivity contribution is 8.18. The number of aromatic nitrogens is 2. The first-order chi connectivity index (χ1) is 17.3. The van der Waals surface area contributed by atoms with Crippen LogP contribution in [0, 0.1) is 6.92 Å². The topological polar surface area (TPSA) is 51.9 Å². The van der Waals surface area contributed by atoms with E-state index in [9.17, 15) is 0 Å². The molecule has 6 nitrogen and oxygen atoms in total. The highest BCUT2D eigenvalue weighted by Crippen LogP contribution is 2.63. The number of hydrogen-bond donors (Lipinski definition) is 0. The number of fused-ring (bicyclic) bond motifs is 2. The van der Waals surface area contributed by atoms with Gasteiger partial charge in [-0.15, -0.1) is 0 Å². The Morgan fingerprint density at radius 2 is 1.89 bits per heavy atom. The average molecular weight is 519 g/mol. The van der Waals surface area contributed by atoms with Crippen molar-refractivity contribution in [3.63, 3.8) is 0 Å². The van der Waals surface area contributed by atoms with Crippen LogP contribution in [0.1, 0.15) is 37.9 Å². The molecule has 0 aliphatic carbocycles. The van der Waals surface area contributed by atoms with E-state index >= 15 is 0 Å². The van der Waals surface area contributed by atoms with Gasteiger partial charge in [-0.2, -0.15) is 5.10 Å². The van der Waals surface area contributed by atoms with Crippen LogP contribution in [0.25, 0.3) is 5.69 Å². The van der Waals surface area contributed by atoms with Gasteiger partial charge in [0.15, 0.2) is 5.82 Å². The third kappa shape index (κ3) is 3.56. The number of anilines is 1. The van der Waals surface area contributed by atoms with Crippen molar-refractivity contribution in [3.8, 4) is 5.69 Å². The number of likely N-dealkylation sites (N-methyl/N-ethyl adjacent to an activating group) is 1. The van der Waals surface area contributed by atoms with Crippen LogP contribution in [0.3, 0.4) is 0 Å². The van der Waals surface area contributed by atoms with Crippen LogP contribution in [0.15, 0.2) is 70.6 Å². The molecule has 0 N–H and O–H groups in total. The number of benzene rings is 2. The Bertz CT molecular complexity index is 1440. The molecule has 3 aromatic rings. The Hall–Kier alpha value is -2.57. The Balaban J connectivity index is 1.56. The van der Waals surface area contributed by atoms with Crippen molar-refractivity contribution in [2.45, 2.75) is 45.1 Å². The summed E-state index contributed by atoms with van der Waals surface area (Å²) in [6.07, 6.45) is 1.36. The smallest absolute Gasteiger partial charge is 0.166 e. The van der Waals surface area contributed by atoms with Gasteiger partial charge in [0, 0.05) is 36.7 Å². The fraction of sp³-hybridized carbons (Fsp3) is 0.357. The van der Waals surface area contributed by atoms with Crippen LogP contribution in [-0.2, 0) is 26.5 Å². The number of allylic oxidation sites excluding steroid dienone is 2. The molecule has 1 saturated heterocycles. The van der Waals surface area contributed by atoms with E-state index in [1.165, 1.54) is 11.3 Å². The van der Waals surface area contributed by atoms with Gasteiger partial charge in [0.2, 0.25) is 0 Å². The summed E-state index contributed by atoms with van der Waals surface area (Å²) in [6, 6.07) is 18.7. The molecule has 0 saturated carbocycles. The van der Waals surface area contributed by atoms with Crippen molar-refractivity contribution in [1.29, 1.82) is 0 Å². The second kappa shape index (κ2) is 8.77. The van der Waals surface area contributed by atoms with Crippen LogP contribution in [0.5, 0.6) is 0 Å². The summed E-state index contributed by atoms with van der Waals surface area (Å²) in [5.74, 6) is 0.773. The highest BCUT2D eigenvalue weighted by Gasteiger charge is 2.46. The lowest BCUT2D eigenvalue weighted by atomic mass is 9.84. The van der Waals surface area contributed by atoms with Crippen LogP contribution >= 0.6 is 6.26 Å². The van der Waals surface area contributed by atoms with Crippen LogP contribution < -0.4 is 10.2 Å². The van der Waals surface area contributed by atoms with E-state index < -0.39 is 6.26 Å². The Labute approximate surface area is 217 Å². The largest absolute Gasteiger partial charge is 0.376 e. The Kier molecular flexibility index (Phi) is 5.80. The molecule has 0 radical (unpaired) electrons. The van der Waals surface area contributed by atoms with Gasteiger partial charge in [0.25, 0.3) is 0 Å². The van der Waals surface area contributed by atoms with Gasteiger partial charge in [0.1, 0.15) is 6.26 Å². The fourth-order valence-corrected chi connectivity index (χ4v) is 9.70. The molecule has 8 heteroatoms. The Morgan fingerprint density at radius 1 is 1.14 bits per heavy atom. The van der Waals surface area contributed by atoms with E-state index in [2.05, 4.69) is 50.1 Å². The Morgan fingerprint density at radius 3 is 2.61 bits per heavy atom. The minimum absolute atomic E-state index is 0.0781. The summed E-state index contributed by atoms with van der Waals surface area (Å²) in [6.45, 7) is 7.82. The number of rotatable bonds is 4. The molecule has 2 unspecified atom stereocenters. The summed E-state index contributed by atoms with van der Waals surface area (Å²) < 4.78 is 14.7. The molecule has 3 aliphatic heterocycles. The molecule has 4 heterocycles. The number of nitrogens with zero attached hydrogens (tertiary/aromatic N) is 4. The summed E-state index contributed by atoms with van der Waals surface area (Å²) in [7, 11) is 2.12. The quantitative estimate of drug-likeness (QED) is 0.412. The fourth-order valence-electron chi connectivity index (χ4n) is 5.79. The van der Waals surface area contributed by atoms with E-state index in [-0.39, 0.29) is 11.5 Å². The maximum Gasteiger partial charge on any atom is 0.166 e. The predicted octanol–water partition coefficient (Wildman–Crippen LogP) is 5.75. The lowest BCUT2D eigenvalue weighted by molar-refractivity contribution is 0.0728. The van der Waals surface area contributed by atoms with Crippen molar-refractivity contribution in [1.82, 2.24) is 9.78 Å². The van der Waals surface area contributed by atoms with Crippen molar-refractivity contribution in [3.05, 3.63) is 76.9 Å². The summed E-state index contributed by atoms with van der Waals surface area (Å²) in [4.78, 5) is 7.27. The van der Waals surface area contributed by atoms with Gasteiger partial charge in [-0.25, -0.2) is 9.67 Å². The second-order valence-corrected chi connectivity index (χ2v) is 14.0. The zero-order chi connectivity index (χ0) is 25.1. The monoisotopic (exact) mass is 518 g/mol. The molecule has 2 aromatic carbocycles. The summed E-state index contributed by atoms with van der Waals surface area (Å²) in [5.41, 5.74) is 5.22. The van der Waals surface area contributed by atoms with Gasteiger partial charge in [-0.3, -0.25) is 0 Å². The minimum atomic E-state index is -2.74. The number of aliphatic imine (C=N–C) groups is 1. The lowest BCUT2D eigenvalue weighted by Gasteiger charge is -2.34. The molecule has 0 spiro atoms. The van der Waals surface area contributed by atoms with E-state index in [1.807, 2.05) is 48.2 Å². The summed E-state index contributed by atoms with van der Waals surface area (Å²) >= 11 is 6.62. The second-order valence-electron chi connectivity index (χ2n) is 10.2. The van der Waals surface area contributed by atoms with Gasteiger partial charge in [-0.05, 0) is 43.5 Å². The maximum absolute atomic E-state index is 6.85. The normalized spacial score (nSPS) is 26.3. The molecule has 1 fully saturated rings. The highest BCUT2D eigenvalue weighted by atomic mass is 32.4. The molecular formula is C28H31N4O2PS. The van der Waals surface area contributed by atoms with Crippen molar-refractivity contribution in [2.75, 3.05) is 25.2 Å². The zero-order valence-electron chi connectivity index (χ0n) is 21.1. The first-order valence-electron chi connectivity index (χ1n) is 12.5. The third-order valence-corrected chi connectivity index (χ3v) is 11.5.